The maximum absolute atomic E-state index is 10.8. The quantitative estimate of drug-likeness (QED) is 0.749. The first kappa shape index (κ1) is 8.12. The fraction of sp³-hybridized carbons (Fsp3) is 0.125. The van der Waals surface area contributed by atoms with Gasteiger partial charge in [-0.1, -0.05) is 0 Å². The number of thiophene rings is 1. The van der Waals surface area contributed by atoms with Gasteiger partial charge in [-0.05, 0) is 0 Å². The number of rotatable bonds is 1. The van der Waals surface area contributed by atoms with Crippen LogP contribution in [0.25, 0.3) is 10.2 Å². The number of nitrogens with zero attached hydrogens (tertiary/aromatic N) is 2. The molecule has 1 N–H and O–H groups in total. The van der Waals surface area contributed by atoms with Crippen molar-refractivity contribution in [3.05, 3.63) is 17.9 Å². The van der Waals surface area contributed by atoms with E-state index >= 15 is 0 Å². The van der Waals surface area contributed by atoms with E-state index in [-0.39, 0.29) is 5.91 Å². The second-order valence-corrected chi connectivity index (χ2v) is 3.43. The van der Waals surface area contributed by atoms with Crippen LogP contribution in [0.4, 0.5) is 5.69 Å². The third-order valence-electron chi connectivity index (χ3n) is 1.56. The van der Waals surface area contributed by atoms with Crippen molar-refractivity contribution in [2.24, 2.45) is 0 Å². The van der Waals surface area contributed by atoms with Gasteiger partial charge in [-0.25, -0.2) is 9.97 Å². The molecule has 0 bridgehead atoms. The lowest BCUT2D eigenvalue weighted by atomic mass is 10.3. The van der Waals surface area contributed by atoms with Crippen LogP contribution in [0.1, 0.15) is 6.92 Å². The number of aromatic nitrogens is 2. The molecule has 2 heterocycles. The van der Waals surface area contributed by atoms with Gasteiger partial charge in [-0.15, -0.1) is 11.3 Å². The SMILES string of the molecule is CC(=O)Nc1csc2ncncc12. The maximum atomic E-state index is 10.8. The predicted octanol–water partition coefficient (Wildman–Crippen LogP) is 1.65. The second kappa shape index (κ2) is 3.10. The summed E-state index contributed by atoms with van der Waals surface area (Å²) in [4.78, 5) is 19.7. The molecule has 0 aliphatic heterocycles. The number of fused-ring (bicyclic) bond motifs is 1. The molecule has 0 unspecified atom stereocenters. The summed E-state index contributed by atoms with van der Waals surface area (Å²) in [5, 5.41) is 5.47. The minimum atomic E-state index is -0.0800. The lowest BCUT2D eigenvalue weighted by molar-refractivity contribution is -0.114. The number of hydrogen-bond donors (Lipinski definition) is 1. The molecule has 2 aromatic heterocycles. The maximum Gasteiger partial charge on any atom is 0.221 e. The summed E-state index contributed by atoms with van der Waals surface area (Å²) in [5.74, 6) is -0.0800. The molecule has 13 heavy (non-hydrogen) atoms. The van der Waals surface area contributed by atoms with Crippen molar-refractivity contribution in [2.75, 3.05) is 5.32 Å². The van der Waals surface area contributed by atoms with Crippen LogP contribution in [0.3, 0.4) is 0 Å². The standard InChI is InChI=1S/C8H7N3OS/c1-5(12)11-7-3-13-8-6(7)2-9-4-10-8/h2-4H,1H3,(H,11,12). The number of carbonyl (C=O) groups excluding carboxylic acids is 1. The Kier molecular flexibility index (Phi) is 1.94. The van der Waals surface area contributed by atoms with Crippen LogP contribution < -0.4 is 5.32 Å². The molecule has 66 valence electrons. The number of hydrogen-bond acceptors (Lipinski definition) is 4. The van der Waals surface area contributed by atoms with Crippen molar-refractivity contribution >= 4 is 33.1 Å². The molecule has 4 nitrogen and oxygen atoms in total. The zero-order valence-corrected chi connectivity index (χ0v) is 7.76. The highest BCUT2D eigenvalue weighted by Gasteiger charge is 2.04. The summed E-state index contributed by atoms with van der Waals surface area (Å²) in [6.07, 6.45) is 3.19. The van der Waals surface area contributed by atoms with Crippen LogP contribution in [-0.4, -0.2) is 15.9 Å². The average Bonchev–Trinajstić information content (AvgIpc) is 2.48. The van der Waals surface area contributed by atoms with E-state index in [1.165, 1.54) is 24.6 Å². The van der Waals surface area contributed by atoms with Gasteiger partial charge in [0.1, 0.15) is 11.2 Å². The van der Waals surface area contributed by atoms with Gasteiger partial charge in [-0.2, -0.15) is 0 Å². The van der Waals surface area contributed by atoms with Crippen molar-refractivity contribution in [3.8, 4) is 0 Å². The Hall–Kier alpha value is -1.49. The van der Waals surface area contributed by atoms with Crippen LogP contribution >= 0.6 is 11.3 Å². The Morgan fingerprint density at radius 3 is 3.23 bits per heavy atom. The van der Waals surface area contributed by atoms with Crippen molar-refractivity contribution in [1.82, 2.24) is 9.97 Å². The van der Waals surface area contributed by atoms with Crippen molar-refractivity contribution in [3.63, 3.8) is 0 Å². The normalized spacial score (nSPS) is 10.2. The van der Waals surface area contributed by atoms with E-state index in [0.717, 1.165) is 15.9 Å². The van der Waals surface area contributed by atoms with E-state index in [4.69, 9.17) is 0 Å². The highest BCUT2D eigenvalue weighted by atomic mass is 32.1. The molecule has 0 fully saturated rings. The molecule has 0 atom stereocenters. The largest absolute Gasteiger partial charge is 0.325 e. The van der Waals surface area contributed by atoms with Gasteiger partial charge in [0.15, 0.2) is 0 Å². The lowest BCUT2D eigenvalue weighted by Crippen LogP contribution is -2.04. The molecule has 0 aliphatic rings. The molecule has 0 spiro atoms. The van der Waals surface area contributed by atoms with E-state index in [0.29, 0.717) is 0 Å². The number of carbonyl (C=O) groups is 1. The summed E-state index contributed by atoms with van der Waals surface area (Å²) in [6.45, 7) is 1.48. The van der Waals surface area contributed by atoms with E-state index < -0.39 is 0 Å². The summed E-state index contributed by atoms with van der Waals surface area (Å²) in [6, 6.07) is 0. The third-order valence-corrected chi connectivity index (χ3v) is 2.47. The Labute approximate surface area is 78.6 Å². The third kappa shape index (κ3) is 1.50. The predicted molar refractivity (Wildman–Crippen MR) is 51.7 cm³/mol. The van der Waals surface area contributed by atoms with Gasteiger partial charge < -0.3 is 5.32 Å². The van der Waals surface area contributed by atoms with E-state index in [2.05, 4.69) is 15.3 Å². The Balaban J connectivity index is 2.51. The molecule has 2 rings (SSSR count). The fourth-order valence-corrected chi connectivity index (χ4v) is 1.87. The summed E-state index contributed by atoms with van der Waals surface area (Å²) in [7, 11) is 0. The van der Waals surface area contributed by atoms with Crippen LogP contribution in [0.5, 0.6) is 0 Å². The molecular formula is C8H7N3OS. The van der Waals surface area contributed by atoms with Gasteiger partial charge in [-0.3, -0.25) is 4.79 Å². The summed E-state index contributed by atoms with van der Waals surface area (Å²) < 4.78 is 0. The zero-order chi connectivity index (χ0) is 9.26. The first-order chi connectivity index (χ1) is 6.27. The molecule has 2 aromatic rings. The van der Waals surface area contributed by atoms with E-state index in [1.54, 1.807) is 6.20 Å². The minimum absolute atomic E-state index is 0.0800. The van der Waals surface area contributed by atoms with Crippen molar-refractivity contribution in [1.29, 1.82) is 0 Å². The molecule has 5 heteroatoms. The van der Waals surface area contributed by atoms with Gasteiger partial charge in [0.25, 0.3) is 0 Å². The Morgan fingerprint density at radius 1 is 1.62 bits per heavy atom. The average molecular weight is 193 g/mol. The molecule has 0 saturated heterocycles. The van der Waals surface area contributed by atoms with E-state index in [1.807, 2.05) is 5.38 Å². The van der Waals surface area contributed by atoms with Crippen LogP contribution in [0, 0.1) is 0 Å². The van der Waals surface area contributed by atoms with Gasteiger partial charge in [0.2, 0.25) is 5.91 Å². The Bertz CT molecular complexity index is 451. The number of anilines is 1. The lowest BCUT2D eigenvalue weighted by Gasteiger charge is -1.97. The van der Waals surface area contributed by atoms with Crippen LogP contribution in [0.2, 0.25) is 0 Å². The topological polar surface area (TPSA) is 54.9 Å². The van der Waals surface area contributed by atoms with Crippen molar-refractivity contribution in [2.45, 2.75) is 6.92 Å². The summed E-state index contributed by atoms with van der Waals surface area (Å²) >= 11 is 1.49. The van der Waals surface area contributed by atoms with Crippen molar-refractivity contribution < 1.29 is 4.79 Å². The van der Waals surface area contributed by atoms with Gasteiger partial charge in [0.05, 0.1) is 11.1 Å². The zero-order valence-electron chi connectivity index (χ0n) is 6.94. The van der Waals surface area contributed by atoms with Crippen LogP contribution in [0.15, 0.2) is 17.9 Å². The highest BCUT2D eigenvalue weighted by molar-refractivity contribution is 7.17. The minimum Gasteiger partial charge on any atom is -0.325 e. The first-order valence-electron chi connectivity index (χ1n) is 3.72. The molecule has 0 aromatic carbocycles. The molecule has 0 saturated carbocycles. The molecular weight excluding hydrogens is 186 g/mol. The second-order valence-electron chi connectivity index (χ2n) is 2.57. The van der Waals surface area contributed by atoms with Crippen LogP contribution in [-0.2, 0) is 4.79 Å². The summed E-state index contributed by atoms with van der Waals surface area (Å²) in [5.41, 5.74) is 0.785. The highest BCUT2D eigenvalue weighted by Crippen LogP contribution is 2.27. The number of amides is 1. The van der Waals surface area contributed by atoms with Gasteiger partial charge in [0, 0.05) is 18.5 Å². The van der Waals surface area contributed by atoms with E-state index in [9.17, 15) is 4.79 Å². The van der Waals surface area contributed by atoms with Gasteiger partial charge >= 0.3 is 0 Å². The Morgan fingerprint density at radius 2 is 2.46 bits per heavy atom. The molecule has 0 aliphatic carbocycles. The first-order valence-corrected chi connectivity index (χ1v) is 4.60. The monoisotopic (exact) mass is 193 g/mol. The number of nitrogens with one attached hydrogen (secondary N) is 1. The smallest absolute Gasteiger partial charge is 0.221 e. The fourth-order valence-electron chi connectivity index (χ4n) is 1.06. The molecule has 1 amide bonds. The molecule has 0 radical (unpaired) electrons.